The Bertz CT molecular complexity index is 408. The SMILES string of the molecule is O=C([C@H]1CCCNC1)N1CCN(c2nccs2)CC1. The highest BCUT2D eigenvalue weighted by molar-refractivity contribution is 7.13. The van der Waals surface area contributed by atoms with Gasteiger partial charge < -0.3 is 15.1 Å². The monoisotopic (exact) mass is 280 g/mol. The quantitative estimate of drug-likeness (QED) is 0.870. The Labute approximate surface area is 117 Å². The topological polar surface area (TPSA) is 48.5 Å². The molecule has 2 aliphatic rings. The summed E-state index contributed by atoms with van der Waals surface area (Å²) in [5, 5.41) is 6.40. The fraction of sp³-hybridized carbons (Fsp3) is 0.692. The second kappa shape index (κ2) is 5.88. The highest BCUT2D eigenvalue weighted by Crippen LogP contribution is 2.20. The van der Waals surface area contributed by atoms with E-state index in [2.05, 4.69) is 15.2 Å². The lowest BCUT2D eigenvalue weighted by atomic mass is 9.98. The smallest absolute Gasteiger partial charge is 0.227 e. The molecular weight excluding hydrogens is 260 g/mol. The van der Waals surface area contributed by atoms with Crippen molar-refractivity contribution >= 4 is 22.4 Å². The van der Waals surface area contributed by atoms with Gasteiger partial charge in [-0.2, -0.15) is 0 Å². The van der Waals surface area contributed by atoms with Crippen molar-refractivity contribution in [1.29, 1.82) is 0 Å². The van der Waals surface area contributed by atoms with Crippen LogP contribution in [0.1, 0.15) is 12.8 Å². The van der Waals surface area contributed by atoms with E-state index in [0.717, 1.165) is 57.2 Å². The van der Waals surface area contributed by atoms with E-state index in [1.807, 2.05) is 16.5 Å². The van der Waals surface area contributed by atoms with Crippen LogP contribution in [0.4, 0.5) is 5.13 Å². The van der Waals surface area contributed by atoms with E-state index in [4.69, 9.17) is 0 Å². The Kier molecular flexibility index (Phi) is 3.98. The molecule has 1 atom stereocenters. The molecule has 2 saturated heterocycles. The van der Waals surface area contributed by atoms with Crippen LogP contribution in [0.5, 0.6) is 0 Å². The summed E-state index contributed by atoms with van der Waals surface area (Å²) in [6.45, 7) is 5.37. The standard InChI is InChI=1S/C13H20N4OS/c18-12(11-2-1-3-14-10-11)16-5-7-17(8-6-16)13-15-4-9-19-13/h4,9,11,14H,1-3,5-8,10H2/t11-/m0/s1. The number of hydrogen-bond donors (Lipinski definition) is 1. The van der Waals surface area contributed by atoms with Crippen molar-refractivity contribution in [3.63, 3.8) is 0 Å². The number of hydrogen-bond acceptors (Lipinski definition) is 5. The zero-order valence-corrected chi connectivity index (χ0v) is 11.9. The van der Waals surface area contributed by atoms with Gasteiger partial charge in [0.1, 0.15) is 0 Å². The zero-order valence-electron chi connectivity index (χ0n) is 11.0. The average Bonchev–Trinajstić information content (AvgIpc) is 3.02. The van der Waals surface area contributed by atoms with Gasteiger partial charge >= 0.3 is 0 Å². The summed E-state index contributed by atoms with van der Waals surface area (Å²) in [4.78, 5) is 21.0. The highest BCUT2D eigenvalue weighted by atomic mass is 32.1. The number of nitrogens with zero attached hydrogens (tertiary/aromatic N) is 3. The van der Waals surface area contributed by atoms with Crippen LogP contribution < -0.4 is 10.2 Å². The van der Waals surface area contributed by atoms with Gasteiger partial charge in [-0.05, 0) is 19.4 Å². The molecule has 0 aromatic carbocycles. The average molecular weight is 280 g/mol. The number of nitrogens with one attached hydrogen (secondary N) is 1. The number of amides is 1. The Morgan fingerprint density at radius 2 is 2.21 bits per heavy atom. The van der Waals surface area contributed by atoms with Gasteiger partial charge in [0.25, 0.3) is 0 Å². The van der Waals surface area contributed by atoms with Crippen LogP contribution in [-0.2, 0) is 4.79 Å². The molecule has 3 rings (SSSR count). The minimum Gasteiger partial charge on any atom is -0.345 e. The predicted octanol–water partition coefficient (Wildman–Crippen LogP) is 0.791. The minimum atomic E-state index is 0.195. The van der Waals surface area contributed by atoms with Crippen molar-refractivity contribution < 1.29 is 4.79 Å². The molecule has 0 radical (unpaired) electrons. The Morgan fingerprint density at radius 3 is 2.84 bits per heavy atom. The van der Waals surface area contributed by atoms with Crippen LogP contribution in [0.2, 0.25) is 0 Å². The van der Waals surface area contributed by atoms with Crippen molar-refractivity contribution in [2.24, 2.45) is 5.92 Å². The third kappa shape index (κ3) is 2.90. The number of carbonyl (C=O) groups excluding carboxylic acids is 1. The van der Waals surface area contributed by atoms with Crippen LogP contribution in [0.25, 0.3) is 0 Å². The second-order valence-corrected chi connectivity index (χ2v) is 6.04. The van der Waals surface area contributed by atoms with Gasteiger partial charge in [-0.25, -0.2) is 4.98 Å². The first-order valence-corrected chi connectivity index (χ1v) is 7.86. The number of aromatic nitrogens is 1. The molecule has 0 spiro atoms. The summed E-state index contributed by atoms with van der Waals surface area (Å²) in [7, 11) is 0. The van der Waals surface area contributed by atoms with E-state index >= 15 is 0 Å². The lowest BCUT2D eigenvalue weighted by Gasteiger charge is -2.37. The molecule has 104 valence electrons. The number of carbonyl (C=O) groups is 1. The summed E-state index contributed by atoms with van der Waals surface area (Å²) < 4.78 is 0. The molecule has 2 aliphatic heterocycles. The molecule has 1 aromatic heterocycles. The Hall–Kier alpha value is -1.14. The number of thiazole rings is 1. The highest BCUT2D eigenvalue weighted by Gasteiger charge is 2.28. The fourth-order valence-electron chi connectivity index (χ4n) is 2.81. The van der Waals surface area contributed by atoms with Gasteiger partial charge in [-0.3, -0.25) is 4.79 Å². The number of rotatable bonds is 2. The summed E-state index contributed by atoms with van der Waals surface area (Å²) in [5.74, 6) is 0.533. The molecular formula is C13H20N4OS. The first kappa shape index (κ1) is 12.9. The molecule has 0 saturated carbocycles. The third-order valence-electron chi connectivity index (χ3n) is 3.93. The van der Waals surface area contributed by atoms with Crippen LogP contribution in [-0.4, -0.2) is 55.1 Å². The van der Waals surface area contributed by atoms with Gasteiger partial charge in [0.15, 0.2) is 5.13 Å². The Morgan fingerprint density at radius 1 is 1.37 bits per heavy atom. The van der Waals surface area contributed by atoms with E-state index in [-0.39, 0.29) is 5.92 Å². The lowest BCUT2D eigenvalue weighted by Crippen LogP contribution is -2.52. The number of piperazine rings is 1. The van der Waals surface area contributed by atoms with Gasteiger partial charge in [0.05, 0.1) is 5.92 Å². The van der Waals surface area contributed by atoms with Crippen molar-refractivity contribution in [3.8, 4) is 0 Å². The molecule has 5 nitrogen and oxygen atoms in total. The van der Waals surface area contributed by atoms with Gasteiger partial charge in [0.2, 0.25) is 5.91 Å². The van der Waals surface area contributed by atoms with E-state index in [0.29, 0.717) is 5.91 Å². The summed E-state index contributed by atoms with van der Waals surface area (Å²) in [6.07, 6.45) is 4.00. The molecule has 0 unspecified atom stereocenters. The van der Waals surface area contributed by atoms with E-state index in [1.54, 1.807) is 11.3 Å². The molecule has 1 aromatic rings. The number of anilines is 1. The number of piperidine rings is 1. The first-order chi connectivity index (χ1) is 9.34. The molecule has 1 amide bonds. The second-order valence-electron chi connectivity index (χ2n) is 5.17. The maximum absolute atomic E-state index is 12.4. The van der Waals surface area contributed by atoms with E-state index in [1.165, 1.54) is 0 Å². The first-order valence-electron chi connectivity index (χ1n) is 6.98. The van der Waals surface area contributed by atoms with Gasteiger partial charge in [-0.15, -0.1) is 11.3 Å². The van der Waals surface area contributed by atoms with Gasteiger partial charge in [0, 0.05) is 44.3 Å². The maximum atomic E-state index is 12.4. The van der Waals surface area contributed by atoms with Crippen molar-refractivity contribution in [2.45, 2.75) is 12.8 Å². The van der Waals surface area contributed by atoms with Crippen LogP contribution in [0.15, 0.2) is 11.6 Å². The third-order valence-corrected chi connectivity index (χ3v) is 4.76. The molecule has 0 aliphatic carbocycles. The molecule has 2 fully saturated rings. The normalized spacial score (nSPS) is 24.5. The van der Waals surface area contributed by atoms with Crippen molar-refractivity contribution in [3.05, 3.63) is 11.6 Å². The molecule has 3 heterocycles. The lowest BCUT2D eigenvalue weighted by molar-refractivity contribution is -0.136. The molecule has 6 heteroatoms. The van der Waals surface area contributed by atoms with Crippen molar-refractivity contribution in [1.82, 2.24) is 15.2 Å². The largest absolute Gasteiger partial charge is 0.345 e. The van der Waals surface area contributed by atoms with E-state index in [9.17, 15) is 4.79 Å². The molecule has 19 heavy (non-hydrogen) atoms. The van der Waals surface area contributed by atoms with E-state index < -0.39 is 0 Å². The summed E-state index contributed by atoms with van der Waals surface area (Å²) >= 11 is 1.67. The van der Waals surface area contributed by atoms with Crippen LogP contribution in [0.3, 0.4) is 0 Å². The molecule has 0 bridgehead atoms. The summed E-state index contributed by atoms with van der Waals surface area (Å²) in [5.41, 5.74) is 0. The minimum absolute atomic E-state index is 0.195. The summed E-state index contributed by atoms with van der Waals surface area (Å²) in [6, 6.07) is 0. The van der Waals surface area contributed by atoms with Crippen LogP contribution >= 0.6 is 11.3 Å². The van der Waals surface area contributed by atoms with Gasteiger partial charge in [-0.1, -0.05) is 0 Å². The van der Waals surface area contributed by atoms with Crippen LogP contribution in [0, 0.1) is 5.92 Å². The predicted molar refractivity (Wildman–Crippen MR) is 76.5 cm³/mol. The fourth-order valence-corrected chi connectivity index (χ4v) is 3.51. The zero-order chi connectivity index (χ0) is 13.1. The maximum Gasteiger partial charge on any atom is 0.227 e. The molecule has 1 N–H and O–H groups in total. The Balaban J connectivity index is 1.53. The van der Waals surface area contributed by atoms with Crippen molar-refractivity contribution in [2.75, 3.05) is 44.2 Å².